The van der Waals surface area contributed by atoms with Gasteiger partial charge in [0.25, 0.3) is 17.5 Å². The van der Waals surface area contributed by atoms with Gasteiger partial charge < -0.3 is 10.6 Å². The fraction of sp³-hybridized carbons (Fsp3) is 0.429. The molecule has 7 nitrogen and oxygen atoms in total. The van der Waals surface area contributed by atoms with E-state index in [0.29, 0.717) is 0 Å². The topological polar surface area (TPSA) is 101 Å². The average molecular weight is 291 g/mol. The molecule has 1 aliphatic carbocycles. The zero-order chi connectivity index (χ0) is 15.4. The molecule has 1 aliphatic rings. The summed E-state index contributed by atoms with van der Waals surface area (Å²) in [6.07, 6.45) is 3.91. The van der Waals surface area contributed by atoms with Crippen molar-refractivity contribution >= 4 is 17.5 Å². The number of nitrogens with one attached hydrogen (secondary N) is 2. The highest BCUT2D eigenvalue weighted by Gasteiger charge is 2.25. The first-order chi connectivity index (χ1) is 10.0. The maximum absolute atomic E-state index is 12.2. The summed E-state index contributed by atoms with van der Waals surface area (Å²) in [5.74, 6) is -0.891. The Morgan fingerprint density at radius 2 is 1.90 bits per heavy atom. The number of amides is 2. The summed E-state index contributed by atoms with van der Waals surface area (Å²) in [4.78, 5) is 34.2. The maximum Gasteiger partial charge on any atom is 0.282 e. The number of nitrogens with zero attached hydrogens (tertiary/aromatic N) is 1. The lowest BCUT2D eigenvalue weighted by Crippen LogP contribution is -2.33. The van der Waals surface area contributed by atoms with E-state index in [1.54, 1.807) is 0 Å². The molecule has 7 heteroatoms. The fourth-order valence-corrected chi connectivity index (χ4v) is 2.49. The Balaban J connectivity index is 2.27. The van der Waals surface area contributed by atoms with Crippen molar-refractivity contribution < 1.29 is 14.5 Å². The van der Waals surface area contributed by atoms with E-state index >= 15 is 0 Å². The van der Waals surface area contributed by atoms with Crippen LogP contribution >= 0.6 is 0 Å². The van der Waals surface area contributed by atoms with Gasteiger partial charge in [0, 0.05) is 24.7 Å². The van der Waals surface area contributed by atoms with Crippen LogP contribution in [0.5, 0.6) is 0 Å². The van der Waals surface area contributed by atoms with E-state index in [-0.39, 0.29) is 22.9 Å². The molecule has 0 bridgehead atoms. The van der Waals surface area contributed by atoms with E-state index in [2.05, 4.69) is 10.6 Å². The Kier molecular flexibility index (Phi) is 4.52. The summed E-state index contributed by atoms with van der Waals surface area (Å²) in [6.45, 7) is 0. The van der Waals surface area contributed by atoms with Crippen LogP contribution in [0.15, 0.2) is 18.2 Å². The van der Waals surface area contributed by atoms with E-state index in [1.807, 2.05) is 0 Å². The number of benzene rings is 1. The highest BCUT2D eigenvalue weighted by Crippen LogP contribution is 2.23. The van der Waals surface area contributed by atoms with Crippen LogP contribution in [0.1, 0.15) is 46.4 Å². The Bertz CT molecular complexity index is 580. The molecule has 0 saturated heterocycles. The molecule has 0 radical (unpaired) electrons. The Morgan fingerprint density at radius 1 is 1.24 bits per heavy atom. The zero-order valence-corrected chi connectivity index (χ0v) is 11.7. The molecule has 1 aromatic rings. The fourth-order valence-electron chi connectivity index (χ4n) is 2.49. The monoisotopic (exact) mass is 291 g/mol. The summed E-state index contributed by atoms with van der Waals surface area (Å²) < 4.78 is 0. The van der Waals surface area contributed by atoms with Gasteiger partial charge in [-0.1, -0.05) is 12.8 Å². The third-order valence-electron chi connectivity index (χ3n) is 3.62. The van der Waals surface area contributed by atoms with E-state index in [9.17, 15) is 19.7 Å². The quantitative estimate of drug-likeness (QED) is 0.650. The van der Waals surface area contributed by atoms with Crippen molar-refractivity contribution in [2.75, 3.05) is 7.05 Å². The number of nitro groups is 1. The molecule has 1 aromatic carbocycles. The second-order valence-corrected chi connectivity index (χ2v) is 5.02. The second kappa shape index (κ2) is 6.34. The zero-order valence-electron chi connectivity index (χ0n) is 11.7. The van der Waals surface area contributed by atoms with Gasteiger partial charge in [0.05, 0.1) is 4.92 Å². The van der Waals surface area contributed by atoms with Crippen LogP contribution in [0, 0.1) is 10.1 Å². The van der Waals surface area contributed by atoms with Crippen LogP contribution in [-0.2, 0) is 0 Å². The SMILES string of the molecule is CNC(=O)c1ccc(C(=O)NC2CCCC2)c([N+](=O)[O-])c1. The Morgan fingerprint density at radius 3 is 2.48 bits per heavy atom. The lowest BCUT2D eigenvalue weighted by molar-refractivity contribution is -0.385. The van der Waals surface area contributed by atoms with Gasteiger partial charge in [-0.2, -0.15) is 0 Å². The third-order valence-corrected chi connectivity index (χ3v) is 3.62. The molecule has 0 aliphatic heterocycles. The van der Waals surface area contributed by atoms with E-state index in [4.69, 9.17) is 0 Å². The van der Waals surface area contributed by atoms with Crippen molar-refractivity contribution in [2.24, 2.45) is 0 Å². The minimum absolute atomic E-state index is 0.0143. The van der Waals surface area contributed by atoms with Crippen molar-refractivity contribution in [3.05, 3.63) is 39.4 Å². The molecular weight excluding hydrogens is 274 g/mol. The number of carbonyl (C=O) groups excluding carboxylic acids is 2. The van der Waals surface area contributed by atoms with Crippen molar-refractivity contribution in [2.45, 2.75) is 31.7 Å². The van der Waals surface area contributed by atoms with Crippen LogP contribution in [0.2, 0.25) is 0 Å². The second-order valence-electron chi connectivity index (χ2n) is 5.02. The van der Waals surface area contributed by atoms with Gasteiger partial charge >= 0.3 is 0 Å². The van der Waals surface area contributed by atoms with Gasteiger partial charge in [-0.3, -0.25) is 19.7 Å². The number of carbonyl (C=O) groups is 2. The normalized spacial score (nSPS) is 14.7. The largest absolute Gasteiger partial charge is 0.355 e. The van der Waals surface area contributed by atoms with Crippen molar-refractivity contribution in [3.8, 4) is 0 Å². The summed E-state index contributed by atoms with van der Waals surface area (Å²) >= 11 is 0. The highest BCUT2D eigenvalue weighted by atomic mass is 16.6. The van der Waals surface area contributed by atoms with Crippen LogP contribution in [-0.4, -0.2) is 29.8 Å². The van der Waals surface area contributed by atoms with Gasteiger partial charge in [-0.05, 0) is 25.0 Å². The van der Waals surface area contributed by atoms with Crippen LogP contribution in [0.4, 0.5) is 5.69 Å². The number of hydrogen-bond donors (Lipinski definition) is 2. The molecular formula is C14H17N3O4. The van der Waals surface area contributed by atoms with E-state index in [0.717, 1.165) is 31.7 Å². The first kappa shape index (κ1) is 15.0. The molecule has 1 saturated carbocycles. The first-order valence-electron chi connectivity index (χ1n) is 6.84. The molecule has 0 atom stereocenters. The lowest BCUT2D eigenvalue weighted by atomic mass is 10.1. The van der Waals surface area contributed by atoms with Gasteiger partial charge in [0.1, 0.15) is 5.56 Å². The predicted molar refractivity (Wildman–Crippen MR) is 76.2 cm³/mol. The minimum atomic E-state index is -0.643. The third kappa shape index (κ3) is 3.36. The molecule has 1 fully saturated rings. The Labute approximate surface area is 121 Å². The van der Waals surface area contributed by atoms with Crippen molar-refractivity contribution in [1.82, 2.24) is 10.6 Å². The molecule has 0 unspecified atom stereocenters. The summed E-state index contributed by atoms with van der Waals surface area (Å²) in [5, 5.41) is 16.3. The molecule has 21 heavy (non-hydrogen) atoms. The number of nitro benzene ring substituents is 1. The number of rotatable bonds is 4. The van der Waals surface area contributed by atoms with Crippen LogP contribution in [0.3, 0.4) is 0 Å². The average Bonchev–Trinajstić information content (AvgIpc) is 2.98. The van der Waals surface area contributed by atoms with Crippen LogP contribution in [0.25, 0.3) is 0 Å². The van der Waals surface area contributed by atoms with Gasteiger partial charge in [-0.25, -0.2) is 0 Å². The van der Waals surface area contributed by atoms with E-state index < -0.39 is 16.7 Å². The molecule has 0 spiro atoms. The predicted octanol–water partition coefficient (Wildman–Crippen LogP) is 1.63. The minimum Gasteiger partial charge on any atom is -0.355 e. The molecule has 112 valence electrons. The van der Waals surface area contributed by atoms with Gasteiger partial charge in [-0.15, -0.1) is 0 Å². The van der Waals surface area contributed by atoms with Crippen molar-refractivity contribution in [3.63, 3.8) is 0 Å². The van der Waals surface area contributed by atoms with E-state index in [1.165, 1.54) is 19.2 Å². The maximum atomic E-state index is 12.2. The molecule has 0 heterocycles. The van der Waals surface area contributed by atoms with Gasteiger partial charge in [0.15, 0.2) is 0 Å². The molecule has 2 amide bonds. The summed E-state index contributed by atoms with van der Waals surface area (Å²) in [7, 11) is 1.44. The standard InChI is InChI=1S/C14H17N3O4/c1-15-13(18)9-6-7-11(12(8-9)17(20)21)14(19)16-10-4-2-3-5-10/h6-8,10H,2-5H2,1H3,(H,15,18)(H,16,19). The smallest absolute Gasteiger partial charge is 0.282 e. The molecule has 2 N–H and O–H groups in total. The lowest BCUT2D eigenvalue weighted by Gasteiger charge is -2.12. The summed E-state index contributed by atoms with van der Waals surface area (Å²) in [5.41, 5.74) is -0.215. The van der Waals surface area contributed by atoms with Gasteiger partial charge in [0.2, 0.25) is 0 Å². The molecule has 0 aromatic heterocycles. The molecule has 2 rings (SSSR count). The highest BCUT2D eigenvalue weighted by molar-refractivity contribution is 6.01. The Hall–Kier alpha value is -2.44. The number of hydrogen-bond acceptors (Lipinski definition) is 4. The van der Waals surface area contributed by atoms with Crippen LogP contribution < -0.4 is 10.6 Å². The first-order valence-corrected chi connectivity index (χ1v) is 6.84. The van der Waals surface area contributed by atoms with Crippen molar-refractivity contribution in [1.29, 1.82) is 0 Å². The summed E-state index contributed by atoms with van der Waals surface area (Å²) in [6, 6.07) is 3.95.